The fourth-order valence-electron chi connectivity index (χ4n) is 3.49. The molecule has 2 aromatic heterocycles. The molecule has 0 aliphatic heterocycles. The van der Waals surface area contributed by atoms with Crippen molar-refractivity contribution in [3.05, 3.63) is 34.9 Å². The van der Waals surface area contributed by atoms with E-state index in [4.69, 9.17) is 0 Å². The Labute approximate surface area is 156 Å². The van der Waals surface area contributed by atoms with E-state index < -0.39 is 24.4 Å². The van der Waals surface area contributed by atoms with Crippen LogP contribution in [0.5, 0.6) is 6.01 Å². The molecule has 1 N–H and O–H groups in total. The lowest BCUT2D eigenvalue weighted by atomic mass is 9.50. The van der Waals surface area contributed by atoms with Crippen LogP contribution in [0.15, 0.2) is 29.3 Å². The molecule has 3 aliphatic carbocycles. The molecule has 2 bridgehead atoms. The van der Waals surface area contributed by atoms with Gasteiger partial charge in [-0.05, 0) is 31.2 Å². The lowest BCUT2D eigenvalue weighted by molar-refractivity contribution is -0.154. The number of hydrogen-bond acceptors (Lipinski definition) is 6. The highest BCUT2D eigenvalue weighted by atomic mass is 19.4. The van der Waals surface area contributed by atoms with E-state index in [2.05, 4.69) is 25.1 Å². The molecule has 1 amide bonds. The van der Waals surface area contributed by atoms with Crippen molar-refractivity contribution in [1.29, 1.82) is 0 Å². The minimum atomic E-state index is -4.49. The predicted molar refractivity (Wildman–Crippen MR) is 89.3 cm³/mol. The van der Waals surface area contributed by atoms with Gasteiger partial charge < -0.3 is 10.1 Å². The standard InChI is InChI=1S/C17H16F3N5O3/c18-17(19,20)9-28-15-21-6-11(7-22-15)12-1-2-14(27)25(24-12)8-13(26)23-16-3-10(4-16)5-16/h1-2,6-7,10H,3-5,8-9H2,(H,23,26). The maximum Gasteiger partial charge on any atom is 0.422 e. The Kier molecular flexibility index (Phi) is 4.31. The summed E-state index contributed by atoms with van der Waals surface area (Å²) >= 11 is 0. The van der Waals surface area contributed by atoms with Gasteiger partial charge >= 0.3 is 12.2 Å². The molecule has 3 fully saturated rings. The molecule has 0 unspecified atom stereocenters. The zero-order valence-electron chi connectivity index (χ0n) is 14.6. The van der Waals surface area contributed by atoms with Gasteiger partial charge in [-0.3, -0.25) is 9.59 Å². The van der Waals surface area contributed by atoms with Gasteiger partial charge in [0.05, 0.1) is 5.69 Å². The van der Waals surface area contributed by atoms with Crippen LogP contribution in [0.2, 0.25) is 0 Å². The molecule has 28 heavy (non-hydrogen) atoms. The van der Waals surface area contributed by atoms with Gasteiger partial charge in [0.15, 0.2) is 6.61 Å². The van der Waals surface area contributed by atoms with Gasteiger partial charge in [-0.2, -0.15) is 18.3 Å². The van der Waals surface area contributed by atoms with Crippen LogP contribution < -0.4 is 15.6 Å². The fraction of sp³-hybridized carbons (Fsp3) is 0.471. The van der Waals surface area contributed by atoms with Gasteiger partial charge in [-0.25, -0.2) is 14.6 Å². The molecule has 3 aliphatic rings. The van der Waals surface area contributed by atoms with Crippen LogP contribution in [0.1, 0.15) is 19.3 Å². The molecule has 11 heteroatoms. The van der Waals surface area contributed by atoms with Crippen molar-refractivity contribution >= 4 is 5.91 Å². The van der Waals surface area contributed by atoms with Crippen LogP contribution in [0.3, 0.4) is 0 Å². The largest absolute Gasteiger partial charge is 0.454 e. The fourth-order valence-corrected chi connectivity index (χ4v) is 3.49. The molecule has 5 rings (SSSR count). The summed E-state index contributed by atoms with van der Waals surface area (Å²) in [5.74, 6) is 0.435. The lowest BCUT2D eigenvalue weighted by Crippen LogP contribution is -2.68. The molecule has 148 valence electrons. The van der Waals surface area contributed by atoms with Crippen molar-refractivity contribution < 1.29 is 22.7 Å². The lowest BCUT2D eigenvalue weighted by Gasteiger charge is -2.61. The summed E-state index contributed by atoms with van der Waals surface area (Å²) < 4.78 is 41.9. The zero-order valence-corrected chi connectivity index (χ0v) is 14.6. The molecule has 3 saturated carbocycles. The van der Waals surface area contributed by atoms with Crippen molar-refractivity contribution in [2.24, 2.45) is 5.92 Å². The maximum absolute atomic E-state index is 12.2. The number of ether oxygens (including phenoxy) is 1. The molecule has 0 saturated heterocycles. The second-order valence-electron chi connectivity index (χ2n) is 7.18. The minimum Gasteiger partial charge on any atom is -0.454 e. The average molecular weight is 395 g/mol. The predicted octanol–water partition coefficient (Wildman–Crippen LogP) is 1.31. The summed E-state index contributed by atoms with van der Waals surface area (Å²) in [4.78, 5) is 31.6. The molecular weight excluding hydrogens is 379 g/mol. The molecule has 0 spiro atoms. The van der Waals surface area contributed by atoms with Crippen LogP contribution in [0.4, 0.5) is 13.2 Å². The topological polar surface area (TPSA) is 99.0 Å². The first-order chi connectivity index (χ1) is 13.2. The van der Waals surface area contributed by atoms with Crippen LogP contribution in [0.25, 0.3) is 11.3 Å². The number of carbonyl (C=O) groups is 1. The third-order valence-electron chi connectivity index (χ3n) is 4.89. The Balaban J connectivity index is 1.44. The zero-order chi connectivity index (χ0) is 19.9. The average Bonchev–Trinajstić information content (AvgIpc) is 2.57. The first-order valence-corrected chi connectivity index (χ1v) is 8.63. The Morgan fingerprint density at radius 1 is 1.25 bits per heavy atom. The molecular formula is C17H16F3N5O3. The van der Waals surface area contributed by atoms with Gasteiger partial charge in [0.25, 0.3) is 5.56 Å². The number of alkyl halides is 3. The van der Waals surface area contributed by atoms with Gasteiger partial charge in [-0.15, -0.1) is 0 Å². The van der Waals surface area contributed by atoms with E-state index >= 15 is 0 Å². The minimum absolute atomic E-state index is 0.0942. The number of halogens is 3. The van der Waals surface area contributed by atoms with Gasteiger partial charge in [0.1, 0.15) is 6.54 Å². The summed E-state index contributed by atoms with van der Waals surface area (Å²) in [5.41, 5.74) is 0.138. The number of hydrogen-bond donors (Lipinski definition) is 1. The van der Waals surface area contributed by atoms with Crippen molar-refractivity contribution in [1.82, 2.24) is 25.1 Å². The quantitative estimate of drug-likeness (QED) is 0.792. The van der Waals surface area contributed by atoms with Crippen LogP contribution in [0, 0.1) is 5.92 Å². The normalized spacial score (nSPS) is 22.8. The highest BCUT2D eigenvalue weighted by molar-refractivity contribution is 5.77. The molecule has 2 heterocycles. The van der Waals surface area contributed by atoms with E-state index in [9.17, 15) is 22.8 Å². The third kappa shape index (κ3) is 3.82. The van der Waals surface area contributed by atoms with Crippen molar-refractivity contribution in [2.75, 3.05) is 6.61 Å². The van der Waals surface area contributed by atoms with Crippen molar-refractivity contribution in [3.8, 4) is 17.3 Å². The first-order valence-electron chi connectivity index (χ1n) is 8.63. The number of amides is 1. The Hall–Kier alpha value is -2.98. The second kappa shape index (κ2) is 6.57. The SMILES string of the molecule is O=C(Cn1nc(-c2cnc(OCC(F)(F)F)nc2)ccc1=O)NC12CC(C1)C2. The van der Waals surface area contributed by atoms with Crippen LogP contribution in [-0.4, -0.2) is 44.0 Å². The van der Waals surface area contributed by atoms with Gasteiger partial charge in [-0.1, -0.05) is 0 Å². The highest BCUT2D eigenvalue weighted by Gasteiger charge is 2.57. The van der Waals surface area contributed by atoms with E-state index in [-0.39, 0.29) is 18.0 Å². The van der Waals surface area contributed by atoms with Crippen LogP contribution >= 0.6 is 0 Å². The van der Waals surface area contributed by atoms with E-state index in [1.54, 1.807) is 0 Å². The van der Waals surface area contributed by atoms with Crippen molar-refractivity contribution in [3.63, 3.8) is 0 Å². The summed E-state index contributed by atoms with van der Waals surface area (Å²) in [6.45, 7) is -1.71. The molecule has 2 aromatic rings. The molecule has 8 nitrogen and oxygen atoms in total. The van der Waals surface area contributed by atoms with E-state index in [0.717, 1.165) is 23.9 Å². The first kappa shape index (κ1) is 18.4. The number of nitrogens with one attached hydrogen (secondary N) is 1. The summed E-state index contributed by atoms with van der Waals surface area (Å²) in [6, 6.07) is 2.25. The Bertz CT molecular complexity index is 941. The summed E-state index contributed by atoms with van der Waals surface area (Å²) in [6.07, 6.45) is 0.943. The number of carbonyl (C=O) groups excluding carboxylic acids is 1. The highest BCUT2D eigenvalue weighted by Crippen LogP contribution is 2.56. The number of rotatable bonds is 6. The van der Waals surface area contributed by atoms with Gasteiger partial charge in [0.2, 0.25) is 5.91 Å². The monoisotopic (exact) mass is 395 g/mol. The van der Waals surface area contributed by atoms with Crippen LogP contribution in [-0.2, 0) is 11.3 Å². The second-order valence-corrected chi connectivity index (χ2v) is 7.18. The van der Waals surface area contributed by atoms with E-state index in [0.29, 0.717) is 17.2 Å². The molecule has 0 radical (unpaired) electrons. The smallest absolute Gasteiger partial charge is 0.422 e. The van der Waals surface area contributed by atoms with E-state index in [1.165, 1.54) is 24.5 Å². The van der Waals surface area contributed by atoms with E-state index in [1.807, 2.05) is 0 Å². The molecule has 0 atom stereocenters. The summed E-state index contributed by atoms with van der Waals surface area (Å²) in [5, 5.41) is 7.08. The van der Waals surface area contributed by atoms with Gasteiger partial charge in [0, 0.05) is 29.6 Å². The third-order valence-corrected chi connectivity index (χ3v) is 4.89. The number of nitrogens with zero attached hydrogens (tertiary/aromatic N) is 4. The Morgan fingerprint density at radius 3 is 2.50 bits per heavy atom. The molecule has 0 aromatic carbocycles. The number of aromatic nitrogens is 4. The van der Waals surface area contributed by atoms with Crippen molar-refractivity contribution in [2.45, 2.75) is 37.5 Å². The Morgan fingerprint density at radius 2 is 1.93 bits per heavy atom. The summed E-state index contributed by atoms with van der Waals surface area (Å²) in [7, 11) is 0. The maximum atomic E-state index is 12.2.